The first-order valence-corrected chi connectivity index (χ1v) is 9.31. The second kappa shape index (κ2) is 7.67. The lowest BCUT2D eigenvalue weighted by Crippen LogP contribution is -2.37. The molecule has 2 heterocycles. The van der Waals surface area contributed by atoms with E-state index in [0.29, 0.717) is 45.8 Å². The molecule has 0 saturated heterocycles. The number of halogens is 2. The van der Waals surface area contributed by atoms with Gasteiger partial charge in [-0.05, 0) is 54.4 Å². The van der Waals surface area contributed by atoms with Gasteiger partial charge >= 0.3 is 0 Å². The molecule has 1 amide bonds. The summed E-state index contributed by atoms with van der Waals surface area (Å²) in [6, 6.07) is 12.3. The number of pyridine rings is 1. The van der Waals surface area contributed by atoms with Crippen LogP contribution in [0, 0.1) is 0 Å². The normalized spacial score (nSPS) is 13.2. The minimum absolute atomic E-state index is 0.0600. The average molecular weight is 415 g/mol. The fourth-order valence-corrected chi connectivity index (χ4v) is 3.71. The molecule has 0 radical (unpaired) electrons. The van der Waals surface area contributed by atoms with Crippen molar-refractivity contribution in [1.29, 1.82) is 0 Å². The first-order valence-electron chi connectivity index (χ1n) is 8.55. The predicted molar refractivity (Wildman–Crippen MR) is 110 cm³/mol. The number of hydrogen-bond donors (Lipinski definition) is 2. The highest BCUT2D eigenvalue weighted by Gasteiger charge is 2.26. The van der Waals surface area contributed by atoms with Gasteiger partial charge in [0.25, 0.3) is 5.91 Å². The van der Waals surface area contributed by atoms with Gasteiger partial charge in [0.1, 0.15) is 5.75 Å². The Hall–Kier alpha value is -2.80. The van der Waals surface area contributed by atoms with E-state index < -0.39 is 0 Å². The second-order valence-corrected chi connectivity index (χ2v) is 7.07. The van der Waals surface area contributed by atoms with Gasteiger partial charge in [-0.2, -0.15) is 0 Å². The molecule has 3 aromatic rings. The highest BCUT2D eigenvalue weighted by Crippen LogP contribution is 2.39. The Kier molecular flexibility index (Phi) is 5.09. The van der Waals surface area contributed by atoms with Gasteiger partial charge in [-0.15, -0.1) is 0 Å². The number of ether oxygens (including phenoxy) is 1. The Morgan fingerprint density at radius 1 is 1.14 bits per heavy atom. The van der Waals surface area contributed by atoms with Crippen LogP contribution in [0.1, 0.15) is 15.9 Å². The van der Waals surface area contributed by atoms with Crippen LogP contribution in [0.3, 0.4) is 0 Å². The predicted octanol–water partition coefficient (Wildman–Crippen LogP) is 4.67. The third-order valence-corrected chi connectivity index (χ3v) is 5.06. The summed E-state index contributed by atoms with van der Waals surface area (Å²) in [5, 5.41) is 0.661. The number of carbonyl (C=O) groups excluding carboxylic acids is 1. The molecule has 142 valence electrons. The van der Waals surface area contributed by atoms with Gasteiger partial charge < -0.3 is 15.1 Å². The summed E-state index contributed by atoms with van der Waals surface area (Å²) < 4.78 is 5.88. The van der Waals surface area contributed by atoms with Crippen LogP contribution in [0.2, 0.25) is 10.0 Å². The SMILES string of the molecule is NNc1cc(Cl)c(Oc2ccc3c(c2)CCN(c2cccnc2)C3=O)c(Cl)c1. The molecule has 2 aromatic carbocycles. The first kappa shape index (κ1) is 18.6. The number of anilines is 2. The standard InChI is InChI=1S/C20H16Cl2N4O2/c21-17-9-13(25-23)10-18(22)19(17)28-15-3-4-16-12(8-15)5-7-26(20(16)27)14-2-1-6-24-11-14/h1-4,6,8-11,25H,5,7,23H2. The van der Waals surface area contributed by atoms with Crippen molar-refractivity contribution in [3.8, 4) is 11.5 Å². The number of rotatable bonds is 4. The number of amides is 1. The fraction of sp³-hybridized carbons (Fsp3) is 0.100. The zero-order chi connectivity index (χ0) is 19.7. The summed E-state index contributed by atoms with van der Waals surface area (Å²) in [5.74, 6) is 6.21. The summed E-state index contributed by atoms with van der Waals surface area (Å²) in [5.41, 5.74) is 5.41. The van der Waals surface area contributed by atoms with Gasteiger partial charge in [-0.3, -0.25) is 15.6 Å². The van der Waals surface area contributed by atoms with Crippen LogP contribution in [0.15, 0.2) is 54.9 Å². The number of nitrogens with one attached hydrogen (secondary N) is 1. The molecule has 6 nitrogen and oxygen atoms in total. The van der Waals surface area contributed by atoms with E-state index in [1.54, 1.807) is 41.6 Å². The van der Waals surface area contributed by atoms with E-state index in [2.05, 4.69) is 10.4 Å². The van der Waals surface area contributed by atoms with E-state index in [4.69, 9.17) is 33.8 Å². The van der Waals surface area contributed by atoms with Crippen molar-refractivity contribution in [1.82, 2.24) is 4.98 Å². The summed E-state index contributed by atoms with van der Waals surface area (Å²) in [4.78, 5) is 18.7. The molecular formula is C20H16Cl2N4O2. The average Bonchev–Trinajstić information content (AvgIpc) is 2.71. The number of hydrazine groups is 1. The van der Waals surface area contributed by atoms with Crippen molar-refractivity contribution in [2.45, 2.75) is 6.42 Å². The van der Waals surface area contributed by atoms with Crippen molar-refractivity contribution >= 4 is 40.5 Å². The quantitative estimate of drug-likeness (QED) is 0.478. The van der Waals surface area contributed by atoms with E-state index in [1.807, 2.05) is 18.2 Å². The maximum atomic E-state index is 12.9. The Morgan fingerprint density at radius 2 is 1.93 bits per heavy atom. The molecule has 0 aliphatic carbocycles. The summed E-state index contributed by atoms with van der Waals surface area (Å²) >= 11 is 12.5. The zero-order valence-electron chi connectivity index (χ0n) is 14.7. The monoisotopic (exact) mass is 414 g/mol. The maximum Gasteiger partial charge on any atom is 0.258 e. The molecule has 28 heavy (non-hydrogen) atoms. The smallest absolute Gasteiger partial charge is 0.258 e. The van der Waals surface area contributed by atoms with E-state index in [0.717, 1.165) is 11.3 Å². The number of nitrogen functional groups attached to an aromatic ring is 1. The number of hydrogen-bond acceptors (Lipinski definition) is 5. The van der Waals surface area contributed by atoms with E-state index >= 15 is 0 Å². The number of carbonyl (C=O) groups is 1. The number of nitrogens with zero attached hydrogens (tertiary/aromatic N) is 2. The minimum atomic E-state index is -0.0600. The van der Waals surface area contributed by atoms with Gasteiger partial charge in [-0.25, -0.2) is 0 Å². The Balaban J connectivity index is 1.60. The van der Waals surface area contributed by atoms with Gasteiger partial charge in [0.05, 0.1) is 27.6 Å². The minimum Gasteiger partial charge on any atom is -0.454 e. The van der Waals surface area contributed by atoms with E-state index in [-0.39, 0.29) is 5.91 Å². The molecule has 3 N–H and O–H groups in total. The van der Waals surface area contributed by atoms with Crippen LogP contribution in [0.25, 0.3) is 0 Å². The van der Waals surface area contributed by atoms with E-state index in [9.17, 15) is 4.79 Å². The zero-order valence-corrected chi connectivity index (χ0v) is 16.2. The molecule has 1 aliphatic rings. The summed E-state index contributed by atoms with van der Waals surface area (Å²) in [6.45, 7) is 0.569. The molecule has 0 unspecified atom stereocenters. The molecule has 1 aromatic heterocycles. The third kappa shape index (κ3) is 3.49. The maximum absolute atomic E-state index is 12.9. The molecule has 8 heteroatoms. The van der Waals surface area contributed by atoms with Crippen LogP contribution < -0.4 is 20.9 Å². The largest absolute Gasteiger partial charge is 0.454 e. The number of aromatic nitrogens is 1. The van der Waals surface area contributed by atoms with Crippen LogP contribution in [0.4, 0.5) is 11.4 Å². The molecular weight excluding hydrogens is 399 g/mol. The molecule has 1 aliphatic heterocycles. The first-order chi connectivity index (χ1) is 13.6. The van der Waals surface area contributed by atoms with Crippen LogP contribution in [-0.4, -0.2) is 17.4 Å². The third-order valence-electron chi connectivity index (χ3n) is 4.50. The molecule has 0 atom stereocenters. The van der Waals surface area contributed by atoms with Crippen molar-refractivity contribution in [2.24, 2.45) is 5.84 Å². The number of fused-ring (bicyclic) bond motifs is 1. The Labute approximate surface area is 171 Å². The summed E-state index contributed by atoms with van der Waals surface area (Å²) in [7, 11) is 0. The Morgan fingerprint density at radius 3 is 2.61 bits per heavy atom. The molecule has 4 rings (SSSR count). The topological polar surface area (TPSA) is 80.5 Å². The van der Waals surface area contributed by atoms with Crippen LogP contribution >= 0.6 is 23.2 Å². The Bertz CT molecular complexity index is 1020. The van der Waals surface area contributed by atoms with E-state index in [1.165, 1.54) is 0 Å². The van der Waals surface area contributed by atoms with Crippen molar-refractivity contribution < 1.29 is 9.53 Å². The van der Waals surface area contributed by atoms with Crippen LogP contribution in [0.5, 0.6) is 11.5 Å². The van der Waals surface area contributed by atoms with Crippen LogP contribution in [-0.2, 0) is 6.42 Å². The summed E-state index contributed by atoms with van der Waals surface area (Å²) in [6.07, 6.45) is 4.07. The van der Waals surface area contributed by atoms with Gasteiger partial charge in [0, 0.05) is 18.3 Å². The lowest BCUT2D eigenvalue weighted by Gasteiger charge is -2.28. The highest BCUT2D eigenvalue weighted by atomic mass is 35.5. The van der Waals surface area contributed by atoms with Crippen molar-refractivity contribution in [3.63, 3.8) is 0 Å². The van der Waals surface area contributed by atoms with Gasteiger partial charge in [0.2, 0.25) is 0 Å². The number of nitrogens with two attached hydrogens (primary N) is 1. The highest BCUT2D eigenvalue weighted by molar-refractivity contribution is 6.37. The van der Waals surface area contributed by atoms with Crippen molar-refractivity contribution in [3.05, 3.63) is 76.0 Å². The molecule has 0 saturated carbocycles. The lowest BCUT2D eigenvalue weighted by atomic mass is 9.98. The molecule has 0 spiro atoms. The number of benzene rings is 2. The van der Waals surface area contributed by atoms with Gasteiger partial charge in [0.15, 0.2) is 5.75 Å². The lowest BCUT2D eigenvalue weighted by molar-refractivity contribution is 0.0980. The van der Waals surface area contributed by atoms with Gasteiger partial charge in [-0.1, -0.05) is 23.2 Å². The fourth-order valence-electron chi connectivity index (χ4n) is 3.15. The molecule has 0 bridgehead atoms. The van der Waals surface area contributed by atoms with Crippen molar-refractivity contribution in [2.75, 3.05) is 16.9 Å². The second-order valence-electron chi connectivity index (χ2n) is 6.25. The molecule has 0 fully saturated rings.